The van der Waals surface area contributed by atoms with Crippen LogP contribution in [0, 0.1) is 0 Å². The van der Waals surface area contributed by atoms with Gasteiger partial charge in [-0.05, 0) is 139 Å². The summed E-state index contributed by atoms with van der Waals surface area (Å²) in [6.45, 7) is 28.3. The van der Waals surface area contributed by atoms with Crippen LogP contribution in [0.2, 0.25) is 0 Å². The number of hydrogen-bond acceptors (Lipinski definition) is 5. The highest BCUT2D eigenvalue weighted by atomic mass is 32.1. The molecule has 0 fully saturated rings. The minimum absolute atomic E-state index is 0.0667. The predicted molar refractivity (Wildman–Crippen MR) is 351 cm³/mol. The molecule has 0 spiro atoms. The zero-order chi connectivity index (χ0) is 57.0. The van der Waals surface area contributed by atoms with Crippen LogP contribution in [0.1, 0.15) is 105 Å². The molecule has 1 aliphatic rings. The molecule has 12 aromatic rings. The highest BCUT2D eigenvalue weighted by molar-refractivity contribution is 7.26. The molecular formula is C76H72N4OS. The lowest BCUT2D eigenvalue weighted by Gasteiger charge is -2.31. The van der Waals surface area contributed by atoms with E-state index in [1.54, 1.807) is 0 Å². The lowest BCUT2D eigenvalue weighted by Crippen LogP contribution is -2.25. The van der Waals surface area contributed by atoms with Crippen molar-refractivity contribution in [2.24, 2.45) is 0 Å². The number of ether oxygens (including phenoxy) is 1. The molecule has 0 aliphatic carbocycles. The van der Waals surface area contributed by atoms with Gasteiger partial charge in [0.1, 0.15) is 24.0 Å². The first-order chi connectivity index (χ1) is 39.2. The topological polar surface area (TPSA) is 33.5 Å². The third-order valence-corrected chi connectivity index (χ3v) is 17.9. The van der Waals surface area contributed by atoms with Gasteiger partial charge in [-0.25, -0.2) is 4.98 Å². The van der Waals surface area contributed by atoms with Crippen molar-refractivity contribution < 1.29 is 4.74 Å². The molecule has 3 aromatic heterocycles. The van der Waals surface area contributed by atoms with Crippen LogP contribution in [-0.4, -0.2) is 16.2 Å². The van der Waals surface area contributed by atoms with Crippen molar-refractivity contribution in [1.29, 1.82) is 0 Å². The molecular weight excluding hydrogens is 1020 g/mol. The van der Waals surface area contributed by atoms with Gasteiger partial charge < -0.3 is 14.5 Å². The van der Waals surface area contributed by atoms with Gasteiger partial charge in [0.2, 0.25) is 0 Å². The molecule has 82 heavy (non-hydrogen) atoms. The number of nitrogens with zero attached hydrogens (tertiary/aromatic N) is 4. The summed E-state index contributed by atoms with van der Waals surface area (Å²) in [5.74, 6) is 2.40. The third-order valence-electron chi connectivity index (χ3n) is 16.7. The second kappa shape index (κ2) is 19.6. The van der Waals surface area contributed by atoms with Crippen molar-refractivity contribution in [1.82, 2.24) is 9.55 Å². The fourth-order valence-corrected chi connectivity index (χ4v) is 13.7. The molecule has 0 amide bonds. The van der Waals surface area contributed by atoms with Crippen molar-refractivity contribution in [2.45, 2.75) is 105 Å². The van der Waals surface area contributed by atoms with Gasteiger partial charge in [0.25, 0.3) is 0 Å². The van der Waals surface area contributed by atoms with Gasteiger partial charge in [0, 0.05) is 66.1 Å². The first-order valence-corrected chi connectivity index (χ1v) is 29.8. The third kappa shape index (κ3) is 9.31. The molecule has 13 rings (SSSR count). The molecule has 0 saturated carbocycles. The number of fused-ring (bicyclic) bond motifs is 8. The number of hydrogen-bond donors (Lipinski definition) is 0. The van der Waals surface area contributed by atoms with E-state index >= 15 is 0 Å². The largest absolute Gasteiger partial charge is 0.457 e. The summed E-state index contributed by atoms with van der Waals surface area (Å²) in [6, 6.07) is 74.0. The van der Waals surface area contributed by atoms with Crippen LogP contribution < -0.4 is 14.5 Å². The number of rotatable bonds is 8. The van der Waals surface area contributed by atoms with Crippen molar-refractivity contribution >= 4 is 76.1 Å². The Morgan fingerprint density at radius 1 is 0.439 bits per heavy atom. The first kappa shape index (κ1) is 52.9. The number of thiophene rings is 1. The molecule has 0 radical (unpaired) electrons. The molecule has 4 heterocycles. The van der Waals surface area contributed by atoms with Gasteiger partial charge in [0.15, 0.2) is 0 Å². The van der Waals surface area contributed by atoms with Crippen LogP contribution >= 0.6 is 11.3 Å². The average Bonchev–Trinajstić information content (AvgIpc) is 2.36. The lowest BCUT2D eigenvalue weighted by molar-refractivity contribution is 0.483. The van der Waals surface area contributed by atoms with E-state index < -0.39 is 0 Å². The smallest absolute Gasteiger partial charge is 0.137 e. The van der Waals surface area contributed by atoms with Crippen molar-refractivity contribution in [3.05, 3.63) is 229 Å². The maximum Gasteiger partial charge on any atom is 0.137 e. The van der Waals surface area contributed by atoms with E-state index in [1.165, 1.54) is 86.7 Å². The van der Waals surface area contributed by atoms with E-state index in [4.69, 9.17) is 9.72 Å². The van der Waals surface area contributed by atoms with Gasteiger partial charge >= 0.3 is 0 Å². The Labute approximate surface area is 488 Å². The number of anilines is 4. The maximum atomic E-state index is 7.43. The number of benzene rings is 9. The highest BCUT2D eigenvalue weighted by Gasteiger charge is 2.34. The van der Waals surface area contributed by atoms with Gasteiger partial charge in [-0.2, -0.15) is 0 Å². The summed E-state index contributed by atoms with van der Waals surface area (Å²) in [4.78, 5) is 10.2. The molecule has 0 bridgehead atoms. The normalized spacial score (nSPS) is 13.3. The minimum atomic E-state index is -0.151. The molecule has 9 aromatic carbocycles. The SMILES string of the molecule is CC(C)(C)c1ccnc(-n2c3cc(Oc4cc(-c5c(C(C)(C)C)cccc5C(C)(C)C)cc(N5CN(c6c(-c7ccccc7)cc(C(C)(C)C)cc6-c6ccccc6)c6ccccc65)c4)ccc3c3c4sc5ccccc5c4ccc32)c1. The molecule has 5 nitrogen and oxygen atoms in total. The van der Waals surface area contributed by atoms with E-state index in [9.17, 15) is 0 Å². The van der Waals surface area contributed by atoms with E-state index in [2.05, 4.69) is 298 Å². The van der Waals surface area contributed by atoms with E-state index in [-0.39, 0.29) is 21.7 Å². The van der Waals surface area contributed by atoms with E-state index in [0.29, 0.717) is 6.67 Å². The van der Waals surface area contributed by atoms with Crippen LogP contribution in [0.15, 0.2) is 206 Å². The second-order valence-electron chi connectivity index (χ2n) is 26.5. The summed E-state index contributed by atoms with van der Waals surface area (Å²) in [5.41, 5.74) is 18.5. The van der Waals surface area contributed by atoms with Crippen LogP contribution in [-0.2, 0) is 21.7 Å². The second-order valence-corrected chi connectivity index (χ2v) is 27.6. The number of pyridine rings is 1. The summed E-state index contributed by atoms with van der Waals surface area (Å²) >= 11 is 1.87. The Balaban J connectivity index is 1.03. The zero-order valence-corrected chi connectivity index (χ0v) is 50.3. The fourth-order valence-electron chi connectivity index (χ4n) is 12.4. The molecule has 0 unspecified atom stereocenters. The van der Waals surface area contributed by atoms with Crippen molar-refractivity contribution in [3.8, 4) is 50.7 Å². The fraction of sp³-hybridized carbons (Fsp3) is 0.224. The zero-order valence-electron chi connectivity index (χ0n) is 49.4. The van der Waals surface area contributed by atoms with Gasteiger partial charge in [-0.1, -0.05) is 198 Å². The quantitative estimate of drug-likeness (QED) is 0.152. The Kier molecular flexibility index (Phi) is 12.7. The van der Waals surface area contributed by atoms with Crippen LogP contribution in [0.4, 0.5) is 22.7 Å². The lowest BCUT2D eigenvalue weighted by atomic mass is 9.74. The Morgan fingerprint density at radius 3 is 1.67 bits per heavy atom. The number of aromatic nitrogens is 2. The summed E-state index contributed by atoms with van der Waals surface area (Å²) in [6.07, 6.45) is 1.96. The molecule has 1 aliphatic heterocycles. The molecule has 0 saturated heterocycles. The highest BCUT2D eigenvalue weighted by Crippen LogP contribution is 2.53. The van der Waals surface area contributed by atoms with Crippen molar-refractivity contribution in [3.63, 3.8) is 0 Å². The summed E-state index contributed by atoms with van der Waals surface area (Å²) in [5, 5.41) is 4.96. The molecule has 408 valence electrons. The van der Waals surface area contributed by atoms with Crippen LogP contribution in [0.3, 0.4) is 0 Å². The van der Waals surface area contributed by atoms with Crippen molar-refractivity contribution in [2.75, 3.05) is 16.5 Å². The minimum Gasteiger partial charge on any atom is -0.457 e. The number of para-hydroxylation sites is 2. The Bertz CT molecular complexity index is 4350. The van der Waals surface area contributed by atoms with Crippen LogP contribution in [0.25, 0.3) is 81.2 Å². The first-order valence-electron chi connectivity index (χ1n) is 29.0. The predicted octanol–water partition coefficient (Wildman–Crippen LogP) is 21.8. The van der Waals surface area contributed by atoms with Gasteiger partial charge in [-0.3, -0.25) is 4.57 Å². The van der Waals surface area contributed by atoms with E-state index in [1.807, 2.05) is 17.5 Å². The average molecular weight is 1090 g/mol. The Hall–Kier alpha value is -8.45. The molecule has 0 N–H and O–H groups in total. The van der Waals surface area contributed by atoms with Gasteiger partial charge in [-0.15, -0.1) is 11.3 Å². The molecule has 6 heteroatoms. The summed E-state index contributed by atoms with van der Waals surface area (Å²) in [7, 11) is 0. The maximum absolute atomic E-state index is 7.43. The summed E-state index contributed by atoms with van der Waals surface area (Å²) < 4.78 is 12.3. The van der Waals surface area contributed by atoms with Crippen LogP contribution in [0.5, 0.6) is 11.5 Å². The van der Waals surface area contributed by atoms with Gasteiger partial charge in [0.05, 0.1) is 28.1 Å². The standard InChI is InChI=1S/C76H72N4OS/c1-73(2,3)51-38-39-77-68(44-51)80-65-37-36-57-56-28-19-22-33-67(56)82-72(57)70(65)58-35-34-54(46-66(58)80)81-55-41-50(69-61(75(7,8)9)29-23-30-62(69)76(10,11)12)40-53(45-55)78-47-79(64-32-21-20-31-63(64)78)71-59(48-24-15-13-16-25-48)42-52(74(4,5)6)43-60(71)49-26-17-14-18-27-49/h13-46H,47H2,1-12H3. The Morgan fingerprint density at radius 2 is 1.04 bits per heavy atom. The molecule has 0 atom stereocenters. The van der Waals surface area contributed by atoms with E-state index in [0.717, 1.165) is 51.0 Å². The monoisotopic (exact) mass is 1090 g/mol.